The number of aromatic nitrogens is 1. The van der Waals surface area contributed by atoms with Gasteiger partial charge in [-0.2, -0.15) is 4.99 Å². The summed E-state index contributed by atoms with van der Waals surface area (Å²) in [5.74, 6) is 0.529. The highest BCUT2D eigenvalue weighted by atomic mass is 35.5. The lowest BCUT2D eigenvalue weighted by Gasteiger charge is -2.12. The predicted octanol–water partition coefficient (Wildman–Crippen LogP) is 7.83. The van der Waals surface area contributed by atoms with Crippen LogP contribution in [0.3, 0.4) is 0 Å². The van der Waals surface area contributed by atoms with Crippen molar-refractivity contribution < 1.29 is 9.53 Å². The molecule has 3 aromatic carbocycles. The van der Waals surface area contributed by atoms with E-state index in [1.807, 2.05) is 90.3 Å². The van der Waals surface area contributed by atoms with Crippen LogP contribution in [0.1, 0.15) is 11.1 Å². The first kappa shape index (κ1) is 25.0. The summed E-state index contributed by atoms with van der Waals surface area (Å²) in [6.45, 7) is 4.48. The van der Waals surface area contributed by atoms with Gasteiger partial charge in [-0.05, 0) is 30.0 Å². The Bertz CT molecular complexity index is 1500. The zero-order valence-corrected chi connectivity index (χ0v) is 22.1. The van der Waals surface area contributed by atoms with Gasteiger partial charge in [0.15, 0.2) is 5.17 Å². The fourth-order valence-corrected chi connectivity index (χ4v) is 5.59. The summed E-state index contributed by atoms with van der Waals surface area (Å²) in [6.07, 6.45) is 3.53. The van der Waals surface area contributed by atoms with Crippen LogP contribution in [0.5, 0.6) is 5.75 Å². The Balaban J connectivity index is 1.40. The summed E-state index contributed by atoms with van der Waals surface area (Å²) in [7, 11) is 0. The Labute approximate surface area is 228 Å². The number of thioether (sulfide) groups is 1. The largest absolute Gasteiger partial charge is 0.488 e. The number of amidine groups is 1. The van der Waals surface area contributed by atoms with Crippen molar-refractivity contribution in [1.29, 1.82) is 0 Å². The van der Waals surface area contributed by atoms with Crippen molar-refractivity contribution in [3.05, 3.63) is 118 Å². The van der Waals surface area contributed by atoms with Crippen LogP contribution in [-0.2, 0) is 11.4 Å². The number of thiazole rings is 1. The van der Waals surface area contributed by atoms with Crippen molar-refractivity contribution in [2.45, 2.75) is 6.61 Å². The van der Waals surface area contributed by atoms with Gasteiger partial charge in [0.1, 0.15) is 12.4 Å². The Morgan fingerprint density at radius 1 is 1.03 bits per heavy atom. The third kappa shape index (κ3) is 5.85. The van der Waals surface area contributed by atoms with E-state index in [0.717, 1.165) is 22.4 Å². The van der Waals surface area contributed by atoms with Crippen molar-refractivity contribution in [1.82, 2.24) is 9.88 Å². The SMILES string of the molecule is C=CCN1C(=O)/C(=C/c2ccccc2OCc2ccccc2Cl)S/C1=N/c1nc(-c2ccccc2)cs1. The van der Waals surface area contributed by atoms with Gasteiger partial charge in [-0.15, -0.1) is 17.9 Å². The maximum absolute atomic E-state index is 13.3. The lowest BCUT2D eigenvalue weighted by Crippen LogP contribution is -2.29. The molecule has 0 unspecified atom stereocenters. The number of carbonyl (C=O) groups is 1. The van der Waals surface area contributed by atoms with E-state index in [0.29, 0.717) is 39.1 Å². The fourth-order valence-electron chi connectivity index (χ4n) is 3.66. The number of halogens is 1. The summed E-state index contributed by atoms with van der Waals surface area (Å²) >= 11 is 9.04. The van der Waals surface area contributed by atoms with Gasteiger partial charge in [0.05, 0.1) is 10.6 Å². The Morgan fingerprint density at radius 3 is 2.59 bits per heavy atom. The molecule has 0 spiro atoms. The van der Waals surface area contributed by atoms with Crippen LogP contribution in [-0.4, -0.2) is 27.5 Å². The number of para-hydroxylation sites is 1. The first-order valence-electron chi connectivity index (χ1n) is 11.5. The summed E-state index contributed by atoms with van der Waals surface area (Å²) < 4.78 is 6.07. The van der Waals surface area contributed by atoms with E-state index in [2.05, 4.69) is 11.6 Å². The van der Waals surface area contributed by atoms with Crippen LogP contribution in [0, 0.1) is 0 Å². The van der Waals surface area contributed by atoms with Gasteiger partial charge in [-0.3, -0.25) is 9.69 Å². The maximum Gasteiger partial charge on any atom is 0.267 e. The predicted molar refractivity (Wildman–Crippen MR) is 154 cm³/mol. The van der Waals surface area contributed by atoms with Crippen molar-refractivity contribution in [3.63, 3.8) is 0 Å². The number of rotatable bonds is 8. The highest BCUT2D eigenvalue weighted by molar-refractivity contribution is 8.18. The van der Waals surface area contributed by atoms with Crippen LogP contribution < -0.4 is 4.74 Å². The molecule has 5 nitrogen and oxygen atoms in total. The van der Waals surface area contributed by atoms with E-state index in [4.69, 9.17) is 21.3 Å². The minimum absolute atomic E-state index is 0.135. The van der Waals surface area contributed by atoms with Crippen LogP contribution in [0.15, 0.2) is 107 Å². The van der Waals surface area contributed by atoms with E-state index in [1.54, 1.807) is 11.0 Å². The molecule has 0 atom stereocenters. The van der Waals surface area contributed by atoms with Gasteiger partial charge in [-0.1, -0.05) is 84.4 Å². The van der Waals surface area contributed by atoms with Crippen LogP contribution in [0.25, 0.3) is 17.3 Å². The molecule has 184 valence electrons. The summed E-state index contributed by atoms with van der Waals surface area (Å²) in [5.41, 5.74) is 3.57. The number of aliphatic imine (C=N–C) groups is 1. The van der Waals surface area contributed by atoms with Gasteiger partial charge in [-0.25, -0.2) is 4.98 Å². The second-order valence-electron chi connectivity index (χ2n) is 8.01. The molecule has 4 aromatic rings. The molecule has 1 saturated heterocycles. The molecule has 1 aromatic heterocycles. The minimum atomic E-state index is -0.135. The van der Waals surface area contributed by atoms with Gasteiger partial charge < -0.3 is 4.74 Å². The van der Waals surface area contributed by atoms with Gasteiger partial charge in [0, 0.05) is 33.6 Å². The number of hydrogen-bond donors (Lipinski definition) is 0. The molecule has 0 saturated carbocycles. The molecule has 1 fully saturated rings. The molecule has 0 aliphatic carbocycles. The number of amides is 1. The third-order valence-electron chi connectivity index (χ3n) is 5.50. The van der Waals surface area contributed by atoms with E-state index >= 15 is 0 Å². The zero-order valence-electron chi connectivity index (χ0n) is 19.7. The quantitative estimate of drug-likeness (QED) is 0.168. The van der Waals surface area contributed by atoms with Gasteiger partial charge in [0.25, 0.3) is 5.91 Å². The van der Waals surface area contributed by atoms with E-state index in [1.165, 1.54) is 23.1 Å². The Kier molecular flexibility index (Phi) is 7.84. The number of hydrogen-bond acceptors (Lipinski definition) is 6. The molecular formula is C29H22ClN3O2S2. The average molecular weight is 544 g/mol. The molecule has 0 radical (unpaired) electrons. The minimum Gasteiger partial charge on any atom is -0.488 e. The lowest BCUT2D eigenvalue weighted by atomic mass is 10.1. The molecule has 37 heavy (non-hydrogen) atoms. The Hall–Kier alpha value is -3.65. The van der Waals surface area contributed by atoms with Crippen LogP contribution in [0.4, 0.5) is 5.13 Å². The molecule has 1 aliphatic heterocycles. The third-order valence-corrected chi connectivity index (χ3v) is 7.61. The molecule has 5 rings (SSSR count). The van der Waals surface area contributed by atoms with E-state index < -0.39 is 0 Å². The highest BCUT2D eigenvalue weighted by Crippen LogP contribution is 2.37. The molecule has 0 N–H and O–H groups in total. The first-order valence-corrected chi connectivity index (χ1v) is 13.6. The Morgan fingerprint density at radius 2 is 1.78 bits per heavy atom. The monoisotopic (exact) mass is 543 g/mol. The first-order chi connectivity index (χ1) is 18.1. The van der Waals surface area contributed by atoms with Crippen molar-refractivity contribution >= 4 is 57.0 Å². The van der Waals surface area contributed by atoms with Crippen molar-refractivity contribution in [3.8, 4) is 17.0 Å². The summed E-state index contributed by atoms with van der Waals surface area (Å²) in [5, 5.41) is 3.78. The second-order valence-corrected chi connectivity index (χ2v) is 10.3. The average Bonchev–Trinajstić information content (AvgIpc) is 3.50. The molecule has 2 heterocycles. The van der Waals surface area contributed by atoms with Gasteiger partial charge in [0.2, 0.25) is 5.13 Å². The number of nitrogens with zero attached hydrogens (tertiary/aromatic N) is 3. The van der Waals surface area contributed by atoms with Crippen LogP contribution in [0.2, 0.25) is 5.02 Å². The lowest BCUT2D eigenvalue weighted by molar-refractivity contribution is -0.121. The molecule has 0 bridgehead atoms. The summed E-state index contributed by atoms with van der Waals surface area (Å²) in [6, 6.07) is 25.1. The topological polar surface area (TPSA) is 54.8 Å². The van der Waals surface area contributed by atoms with E-state index in [-0.39, 0.29) is 5.91 Å². The maximum atomic E-state index is 13.3. The van der Waals surface area contributed by atoms with Crippen molar-refractivity contribution in [2.24, 2.45) is 4.99 Å². The standard InChI is InChI=1S/C29H22ClN3O2S2/c1-2-16-33-27(34)26(37-29(33)32-28-31-24(19-36-28)20-10-4-3-5-11-20)17-21-12-7-9-15-25(21)35-18-22-13-6-8-14-23(22)30/h2-15,17,19H,1,16,18H2/b26-17-,32-29+. The fraction of sp³-hybridized carbons (Fsp3) is 0.0690. The number of ether oxygens (including phenoxy) is 1. The van der Waals surface area contributed by atoms with Crippen molar-refractivity contribution in [2.75, 3.05) is 6.54 Å². The zero-order chi connectivity index (χ0) is 25.6. The second kappa shape index (κ2) is 11.6. The van der Waals surface area contributed by atoms with Gasteiger partial charge >= 0.3 is 0 Å². The van der Waals surface area contributed by atoms with E-state index in [9.17, 15) is 4.79 Å². The summed E-state index contributed by atoms with van der Waals surface area (Å²) in [4.78, 5) is 24.8. The number of benzene rings is 3. The molecule has 1 amide bonds. The highest BCUT2D eigenvalue weighted by Gasteiger charge is 2.33. The molecule has 8 heteroatoms. The molecule has 1 aliphatic rings. The van der Waals surface area contributed by atoms with Crippen LogP contribution >= 0.6 is 34.7 Å². The smallest absolute Gasteiger partial charge is 0.267 e. The normalized spacial score (nSPS) is 15.5. The number of carbonyl (C=O) groups excluding carboxylic acids is 1. The molecular weight excluding hydrogens is 522 g/mol.